The van der Waals surface area contributed by atoms with Crippen molar-refractivity contribution in [1.29, 1.82) is 0 Å². The van der Waals surface area contributed by atoms with Crippen molar-refractivity contribution in [3.8, 4) is 0 Å². The van der Waals surface area contributed by atoms with Crippen LogP contribution in [0.15, 0.2) is 24.3 Å². The second-order valence-electron chi connectivity index (χ2n) is 7.90. The molecule has 0 atom stereocenters. The van der Waals surface area contributed by atoms with Crippen LogP contribution in [0, 0.1) is 29.5 Å². The van der Waals surface area contributed by atoms with Crippen molar-refractivity contribution >= 4 is 5.78 Å². The van der Waals surface area contributed by atoms with Gasteiger partial charge in [0, 0.05) is 12.3 Å². The average molecular weight is 316 g/mol. The van der Waals surface area contributed by atoms with E-state index in [9.17, 15) is 9.18 Å². The van der Waals surface area contributed by atoms with Crippen LogP contribution in [-0.2, 0) is 11.2 Å². The topological polar surface area (TPSA) is 17.1 Å². The minimum absolute atomic E-state index is 0.233. The second kappa shape index (κ2) is 7.59. The van der Waals surface area contributed by atoms with Gasteiger partial charge in [-0.05, 0) is 74.0 Å². The van der Waals surface area contributed by atoms with Gasteiger partial charge in [0.15, 0.2) is 0 Å². The van der Waals surface area contributed by atoms with Gasteiger partial charge < -0.3 is 0 Å². The fourth-order valence-corrected chi connectivity index (χ4v) is 4.62. The Bertz CT molecular complexity index is 505. The fourth-order valence-electron chi connectivity index (χ4n) is 4.62. The van der Waals surface area contributed by atoms with Gasteiger partial charge in [0.25, 0.3) is 0 Å². The van der Waals surface area contributed by atoms with Gasteiger partial charge in [0.1, 0.15) is 11.6 Å². The molecular weight excluding hydrogens is 287 g/mol. The van der Waals surface area contributed by atoms with Crippen LogP contribution in [0.25, 0.3) is 0 Å². The van der Waals surface area contributed by atoms with Gasteiger partial charge in [-0.15, -0.1) is 0 Å². The SMILES string of the molecule is CC1CCC(C2CCC(C(=O)Cc3ccc(F)cc3)CC2)CC1. The molecule has 1 aromatic carbocycles. The Labute approximate surface area is 139 Å². The minimum Gasteiger partial charge on any atom is -0.299 e. The molecule has 0 unspecified atom stereocenters. The molecule has 2 fully saturated rings. The van der Waals surface area contributed by atoms with Crippen LogP contribution < -0.4 is 0 Å². The van der Waals surface area contributed by atoms with E-state index in [1.54, 1.807) is 12.1 Å². The number of rotatable bonds is 4. The first-order valence-electron chi connectivity index (χ1n) is 9.39. The fraction of sp³-hybridized carbons (Fsp3) is 0.667. The maximum Gasteiger partial charge on any atom is 0.140 e. The number of halogens is 1. The number of benzene rings is 1. The van der Waals surface area contributed by atoms with E-state index in [0.29, 0.717) is 12.2 Å². The summed E-state index contributed by atoms with van der Waals surface area (Å²) in [6, 6.07) is 6.37. The second-order valence-corrected chi connectivity index (χ2v) is 7.90. The zero-order valence-electron chi connectivity index (χ0n) is 14.3. The van der Waals surface area contributed by atoms with Gasteiger partial charge in [0.2, 0.25) is 0 Å². The van der Waals surface area contributed by atoms with Crippen molar-refractivity contribution in [3.63, 3.8) is 0 Å². The number of hydrogen-bond acceptors (Lipinski definition) is 1. The predicted octanol–water partition coefficient (Wildman–Crippen LogP) is 5.57. The average Bonchev–Trinajstić information content (AvgIpc) is 2.58. The number of carbonyl (C=O) groups excluding carboxylic acids is 1. The number of Topliss-reactive ketones (excluding diaryl/α,β-unsaturated/α-hetero) is 1. The predicted molar refractivity (Wildman–Crippen MR) is 91.7 cm³/mol. The lowest BCUT2D eigenvalue weighted by molar-refractivity contribution is -0.123. The van der Waals surface area contributed by atoms with Crippen LogP contribution in [0.1, 0.15) is 63.9 Å². The molecule has 1 aromatic rings. The molecule has 3 rings (SSSR count). The lowest BCUT2D eigenvalue weighted by Gasteiger charge is -2.37. The van der Waals surface area contributed by atoms with Crippen molar-refractivity contribution in [2.45, 2.75) is 64.7 Å². The Morgan fingerprint density at radius 3 is 2.00 bits per heavy atom. The number of hydrogen-bond donors (Lipinski definition) is 0. The van der Waals surface area contributed by atoms with Crippen molar-refractivity contribution in [1.82, 2.24) is 0 Å². The molecule has 0 saturated heterocycles. The molecule has 0 spiro atoms. The molecule has 2 aliphatic rings. The molecule has 126 valence electrons. The summed E-state index contributed by atoms with van der Waals surface area (Å²) in [6.45, 7) is 2.38. The molecule has 0 N–H and O–H groups in total. The normalized spacial score (nSPS) is 31.7. The third kappa shape index (κ3) is 4.43. The summed E-state index contributed by atoms with van der Waals surface area (Å²) >= 11 is 0. The number of carbonyl (C=O) groups is 1. The first kappa shape index (κ1) is 16.7. The van der Waals surface area contributed by atoms with Gasteiger partial charge in [-0.3, -0.25) is 4.79 Å². The zero-order valence-corrected chi connectivity index (χ0v) is 14.3. The first-order valence-corrected chi connectivity index (χ1v) is 9.39. The molecule has 2 heteroatoms. The molecule has 2 saturated carbocycles. The third-order valence-electron chi connectivity index (χ3n) is 6.25. The van der Waals surface area contributed by atoms with Crippen LogP contribution in [0.5, 0.6) is 0 Å². The molecule has 23 heavy (non-hydrogen) atoms. The van der Waals surface area contributed by atoms with Crippen LogP contribution in [0.2, 0.25) is 0 Å². The highest BCUT2D eigenvalue weighted by Crippen LogP contribution is 2.41. The highest BCUT2D eigenvalue weighted by Gasteiger charge is 2.32. The van der Waals surface area contributed by atoms with Gasteiger partial charge in [-0.2, -0.15) is 0 Å². The molecule has 1 nitrogen and oxygen atoms in total. The summed E-state index contributed by atoms with van der Waals surface area (Å²) in [4.78, 5) is 12.5. The van der Waals surface area contributed by atoms with E-state index in [1.165, 1.54) is 50.7 Å². The van der Waals surface area contributed by atoms with E-state index in [2.05, 4.69) is 6.92 Å². The van der Waals surface area contributed by atoms with E-state index >= 15 is 0 Å². The Morgan fingerprint density at radius 1 is 0.913 bits per heavy atom. The van der Waals surface area contributed by atoms with Crippen molar-refractivity contribution in [2.75, 3.05) is 0 Å². The molecule has 2 aliphatic carbocycles. The largest absolute Gasteiger partial charge is 0.299 e. The van der Waals surface area contributed by atoms with Crippen LogP contribution in [0.4, 0.5) is 4.39 Å². The van der Waals surface area contributed by atoms with Crippen LogP contribution in [0.3, 0.4) is 0 Å². The maximum atomic E-state index is 12.9. The van der Waals surface area contributed by atoms with E-state index < -0.39 is 0 Å². The Balaban J connectivity index is 1.46. The summed E-state index contributed by atoms with van der Waals surface area (Å²) < 4.78 is 12.9. The van der Waals surface area contributed by atoms with Crippen LogP contribution >= 0.6 is 0 Å². The Kier molecular flexibility index (Phi) is 5.50. The highest BCUT2D eigenvalue weighted by molar-refractivity contribution is 5.83. The molecule has 0 radical (unpaired) electrons. The summed E-state index contributed by atoms with van der Waals surface area (Å²) in [6.07, 6.45) is 10.7. The lowest BCUT2D eigenvalue weighted by atomic mass is 9.68. The quantitative estimate of drug-likeness (QED) is 0.709. The van der Waals surface area contributed by atoms with Gasteiger partial charge in [0.05, 0.1) is 0 Å². The van der Waals surface area contributed by atoms with E-state index in [1.807, 2.05) is 0 Å². The minimum atomic E-state index is -0.233. The first-order chi connectivity index (χ1) is 11.1. The Morgan fingerprint density at radius 2 is 1.43 bits per heavy atom. The van der Waals surface area contributed by atoms with Gasteiger partial charge in [-0.25, -0.2) is 4.39 Å². The molecule has 0 amide bonds. The van der Waals surface area contributed by atoms with Gasteiger partial charge in [-0.1, -0.05) is 31.9 Å². The molecule has 0 heterocycles. The van der Waals surface area contributed by atoms with Crippen LogP contribution in [-0.4, -0.2) is 5.78 Å². The molecule has 0 bridgehead atoms. The zero-order chi connectivity index (χ0) is 16.2. The Hall–Kier alpha value is -1.18. The van der Waals surface area contributed by atoms with E-state index in [-0.39, 0.29) is 11.7 Å². The molecule has 0 aliphatic heterocycles. The lowest BCUT2D eigenvalue weighted by Crippen LogP contribution is -2.28. The monoisotopic (exact) mass is 316 g/mol. The van der Waals surface area contributed by atoms with E-state index in [4.69, 9.17) is 0 Å². The molecule has 0 aromatic heterocycles. The smallest absolute Gasteiger partial charge is 0.140 e. The van der Waals surface area contributed by atoms with Gasteiger partial charge >= 0.3 is 0 Å². The molecular formula is C21H29FO. The van der Waals surface area contributed by atoms with Crippen molar-refractivity contribution in [2.24, 2.45) is 23.7 Å². The number of ketones is 1. The summed E-state index contributed by atoms with van der Waals surface area (Å²) in [5.41, 5.74) is 0.944. The van der Waals surface area contributed by atoms with Crippen molar-refractivity contribution in [3.05, 3.63) is 35.6 Å². The summed E-state index contributed by atoms with van der Waals surface area (Å²) in [7, 11) is 0. The maximum absolute atomic E-state index is 12.9. The third-order valence-corrected chi connectivity index (χ3v) is 6.25. The summed E-state index contributed by atoms with van der Waals surface area (Å²) in [5.74, 6) is 3.05. The standard InChI is InChI=1S/C21H29FO/c1-15-2-6-17(7-3-15)18-8-10-19(11-9-18)21(23)14-16-4-12-20(22)13-5-16/h4-5,12-13,15,17-19H,2-3,6-11,14H2,1H3. The van der Waals surface area contributed by atoms with Crippen molar-refractivity contribution < 1.29 is 9.18 Å². The summed E-state index contributed by atoms with van der Waals surface area (Å²) in [5, 5.41) is 0. The van der Waals surface area contributed by atoms with E-state index in [0.717, 1.165) is 36.2 Å². The highest BCUT2D eigenvalue weighted by atomic mass is 19.1.